The maximum Gasteiger partial charge on any atom is 0.171 e. The fraction of sp³-hybridized carbons (Fsp3) is 0.417. The zero-order valence-corrected chi connectivity index (χ0v) is 8.90. The number of hydrogen-bond donors (Lipinski definition) is 0. The van der Waals surface area contributed by atoms with Crippen molar-refractivity contribution in [1.29, 1.82) is 0 Å². The first kappa shape index (κ1) is 10.3. The molecule has 0 spiro atoms. The molecule has 3 heteroatoms. The average Bonchev–Trinajstić information content (AvgIpc) is 2.60. The van der Waals surface area contributed by atoms with Gasteiger partial charge >= 0.3 is 0 Å². The number of hydrogen-bond acceptors (Lipinski definition) is 3. The third-order valence-electron chi connectivity index (χ3n) is 2.85. The maximum absolute atomic E-state index is 12.0. The predicted molar refractivity (Wildman–Crippen MR) is 55.8 cm³/mol. The van der Waals surface area contributed by atoms with Crippen LogP contribution in [0.2, 0.25) is 0 Å². The Morgan fingerprint density at radius 1 is 1.27 bits per heavy atom. The Balaban J connectivity index is 2.27. The first-order chi connectivity index (χ1) is 7.27. The lowest BCUT2D eigenvalue weighted by atomic mass is 10.0. The highest BCUT2D eigenvalue weighted by molar-refractivity contribution is 6.02. The van der Waals surface area contributed by atoms with E-state index >= 15 is 0 Å². The van der Waals surface area contributed by atoms with Crippen molar-refractivity contribution >= 4 is 5.78 Å². The molecule has 1 atom stereocenters. The van der Waals surface area contributed by atoms with E-state index in [2.05, 4.69) is 0 Å². The Kier molecular flexibility index (Phi) is 2.84. The van der Waals surface area contributed by atoms with Crippen LogP contribution >= 0.6 is 0 Å². The molecule has 0 aromatic heterocycles. The number of Topliss-reactive ketones (excluding diaryl/α,β-unsaturated/α-hetero) is 1. The van der Waals surface area contributed by atoms with Gasteiger partial charge in [0, 0.05) is 19.8 Å². The lowest BCUT2D eigenvalue weighted by molar-refractivity contribution is -0.125. The molecular formula is C12H14O3. The molecule has 0 heterocycles. The van der Waals surface area contributed by atoms with Crippen LogP contribution in [0.3, 0.4) is 0 Å². The van der Waals surface area contributed by atoms with Crippen molar-refractivity contribution in [2.75, 3.05) is 14.2 Å². The largest absolute Gasteiger partial charge is 0.355 e. The molecule has 3 nitrogen and oxygen atoms in total. The molecule has 80 valence electrons. The normalized spacial score (nSPS) is 19.7. The molecule has 0 saturated carbocycles. The number of fused-ring (bicyclic) bond motifs is 1. The Morgan fingerprint density at radius 2 is 1.93 bits per heavy atom. The lowest BCUT2D eigenvalue weighted by Crippen LogP contribution is -2.29. The minimum absolute atomic E-state index is 0.124. The molecule has 0 aliphatic heterocycles. The molecule has 0 bridgehead atoms. The highest BCUT2D eigenvalue weighted by atomic mass is 16.7. The van der Waals surface area contributed by atoms with E-state index in [4.69, 9.17) is 9.47 Å². The average molecular weight is 206 g/mol. The zero-order chi connectivity index (χ0) is 10.8. The summed E-state index contributed by atoms with van der Waals surface area (Å²) < 4.78 is 10.3. The van der Waals surface area contributed by atoms with Crippen LogP contribution in [-0.2, 0) is 15.9 Å². The van der Waals surface area contributed by atoms with Gasteiger partial charge in [0.25, 0.3) is 0 Å². The molecule has 2 rings (SSSR count). The van der Waals surface area contributed by atoms with Gasteiger partial charge in [-0.05, 0) is 12.0 Å². The van der Waals surface area contributed by atoms with Gasteiger partial charge < -0.3 is 9.47 Å². The van der Waals surface area contributed by atoms with Gasteiger partial charge in [0.2, 0.25) is 0 Å². The summed E-state index contributed by atoms with van der Waals surface area (Å²) in [5, 5.41) is 0. The standard InChI is InChI=1S/C12H14O3/c1-14-12(15-2)10-7-8-5-3-4-6-9(8)11(10)13/h3-6,10,12H,7H2,1-2H3. The smallest absolute Gasteiger partial charge is 0.171 e. The first-order valence-corrected chi connectivity index (χ1v) is 4.95. The highest BCUT2D eigenvalue weighted by Crippen LogP contribution is 2.29. The van der Waals surface area contributed by atoms with Crippen molar-refractivity contribution in [3.8, 4) is 0 Å². The second-order valence-corrected chi connectivity index (χ2v) is 3.67. The van der Waals surface area contributed by atoms with Gasteiger partial charge in [0.1, 0.15) is 0 Å². The van der Waals surface area contributed by atoms with Crippen LogP contribution in [0.1, 0.15) is 15.9 Å². The Bertz CT molecular complexity index is 369. The Labute approximate surface area is 89.0 Å². The third kappa shape index (κ3) is 1.68. The summed E-state index contributed by atoms with van der Waals surface area (Å²) >= 11 is 0. The van der Waals surface area contributed by atoms with Crippen LogP contribution in [0.4, 0.5) is 0 Å². The van der Waals surface area contributed by atoms with E-state index in [1.807, 2.05) is 24.3 Å². The van der Waals surface area contributed by atoms with Crippen LogP contribution < -0.4 is 0 Å². The summed E-state index contributed by atoms with van der Waals surface area (Å²) in [4.78, 5) is 12.0. The van der Waals surface area contributed by atoms with Crippen molar-refractivity contribution in [1.82, 2.24) is 0 Å². The van der Waals surface area contributed by atoms with Gasteiger partial charge in [0.05, 0.1) is 5.92 Å². The Hall–Kier alpha value is -1.19. The SMILES string of the molecule is COC(OC)C1Cc2ccccc2C1=O. The van der Waals surface area contributed by atoms with E-state index in [-0.39, 0.29) is 11.7 Å². The monoisotopic (exact) mass is 206 g/mol. The third-order valence-corrected chi connectivity index (χ3v) is 2.85. The summed E-state index contributed by atoms with van der Waals surface area (Å²) in [5.41, 5.74) is 1.90. The lowest BCUT2D eigenvalue weighted by Gasteiger charge is -2.18. The zero-order valence-electron chi connectivity index (χ0n) is 8.90. The minimum atomic E-state index is -0.440. The molecule has 0 radical (unpaired) electrons. The fourth-order valence-electron chi connectivity index (χ4n) is 2.11. The van der Waals surface area contributed by atoms with Gasteiger partial charge in [-0.3, -0.25) is 4.79 Å². The summed E-state index contributed by atoms with van der Waals surface area (Å²) in [6.45, 7) is 0. The number of rotatable bonds is 3. The second-order valence-electron chi connectivity index (χ2n) is 3.67. The molecule has 1 aliphatic rings. The molecule has 0 N–H and O–H groups in total. The quantitative estimate of drug-likeness (QED) is 0.705. The second kappa shape index (κ2) is 4.13. The van der Waals surface area contributed by atoms with Gasteiger partial charge in [0.15, 0.2) is 12.1 Å². The van der Waals surface area contributed by atoms with Gasteiger partial charge in [-0.25, -0.2) is 0 Å². The van der Waals surface area contributed by atoms with Gasteiger partial charge in [-0.2, -0.15) is 0 Å². The van der Waals surface area contributed by atoms with Crippen molar-refractivity contribution < 1.29 is 14.3 Å². The molecule has 1 unspecified atom stereocenters. The highest BCUT2D eigenvalue weighted by Gasteiger charge is 2.36. The van der Waals surface area contributed by atoms with Crippen molar-refractivity contribution in [3.63, 3.8) is 0 Å². The number of carbonyl (C=O) groups excluding carboxylic acids is 1. The number of ketones is 1. The van der Waals surface area contributed by atoms with Crippen molar-refractivity contribution in [2.24, 2.45) is 5.92 Å². The van der Waals surface area contributed by atoms with E-state index in [0.717, 1.165) is 11.1 Å². The first-order valence-electron chi connectivity index (χ1n) is 4.95. The van der Waals surface area contributed by atoms with E-state index in [0.29, 0.717) is 6.42 Å². The molecule has 0 saturated heterocycles. The Morgan fingerprint density at radius 3 is 2.53 bits per heavy atom. The number of methoxy groups -OCH3 is 2. The topological polar surface area (TPSA) is 35.5 Å². The summed E-state index contributed by atoms with van der Waals surface area (Å²) in [5.74, 6) is -0.0725. The van der Waals surface area contributed by atoms with E-state index in [1.54, 1.807) is 14.2 Å². The fourth-order valence-corrected chi connectivity index (χ4v) is 2.11. The summed E-state index contributed by atoms with van der Waals surface area (Å²) in [6.07, 6.45) is 0.270. The molecular weight excluding hydrogens is 192 g/mol. The number of benzene rings is 1. The molecule has 1 aromatic rings. The van der Waals surface area contributed by atoms with E-state index in [9.17, 15) is 4.79 Å². The van der Waals surface area contributed by atoms with Crippen LogP contribution in [-0.4, -0.2) is 26.3 Å². The number of carbonyl (C=O) groups is 1. The van der Waals surface area contributed by atoms with Crippen LogP contribution in [0.15, 0.2) is 24.3 Å². The molecule has 0 fully saturated rings. The molecule has 1 aromatic carbocycles. The summed E-state index contributed by atoms with van der Waals surface area (Å²) in [6, 6.07) is 7.67. The van der Waals surface area contributed by atoms with Gasteiger partial charge in [-0.15, -0.1) is 0 Å². The van der Waals surface area contributed by atoms with Crippen molar-refractivity contribution in [2.45, 2.75) is 12.7 Å². The van der Waals surface area contributed by atoms with Crippen LogP contribution in [0, 0.1) is 5.92 Å². The maximum atomic E-state index is 12.0. The van der Waals surface area contributed by atoms with E-state index in [1.165, 1.54) is 0 Å². The molecule has 0 amide bonds. The number of ether oxygens (including phenoxy) is 2. The predicted octanol–water partition coefficient (Wildman–Crippen LogP) is 1.66. The van der Waals surface area contributed by atoms with Crippen molar-refractivity contribution in [3.05, 3.63) is 35.4 Å². The molecule has 1 aliphatic carbocycles. The van der Waals surface area contributed by atoms with Gasteiger partial charge in [-0.1, -0.05) is 24.3 Å². The molecule has 15 heavy (non-hydrogen) atoms. The van der Waals surface area contributed by atoms with Crippen LogP contribution in [0.25, 0.3) is 0 Å². The van der Waals surface area contributed by atoms with Crippen LogP contribution in [0.5, 0.6) is 0 Å². The minimum Gasteiger partial charge on any atom is -0.355 e. The summed E-state index contributed by atoms with van der Waals surface area (Å²) in [7, 11) is 3.12. The van der Waals surface area contributed by atoms with E-state index < -0.39 is 6.29 Å².